The van der Waals surface area contributed by atoms with Crippen LogP contribution >= 0.6 is 0 Å². The molecule has 0 unspecified atom stereocenters. The molecule has 8 heteroatoms. The number of aromatic nitrogens is 4. The molecule has 186 valence electrons. The summed E-state index contributed by atoms with van der Waals surface area (Å²) >= 11 is 0. The number of hydrogen-bond acceptors (Lipinski definition) is 6. The van der Waals surface area contributed by atoms with Crippen molar-refractivity contribution in [3.63, 3.8) is 0 Å². The topological polar surface area (TPSA) is 79.1 Å². The number of pyridine rings is 1. The Morgan fingerprint density at radius 2 is 2.00 bits per heavy atom. The van der Waals surface area contributed by atoms with Gasteiger partial charge in [-0.2, -0.15) is 4.98 Å². The largest absolute Gasteiger partial charge is 0.384 e. The van der Waals surface area contributed by atoms with Gasteiger partial charge in [-0.3, -0.25) is 4.57 Å². The van der Waals surface area contributed by atoms with E-state index in [1.54, 1.807) is 4.57 Å². The molecule has 4 heterocycles. The highest BCUT2D eigenvalue weighted by Crippen LogP contribution is 2.38. The Balaban J connectivity index is 1.39. The van der Waals surface area contributed by atoms with Gasteiger partial charge in [0.15, 0.2) is 11.5 Å². The van der Waals surface area contributed by atoms with Crippen LogP contribution < -0.4 is 5.32 Å². The fraction of sp³-hybridized carbons (Fsp3) is 0.393. The van der Waals surface area contributed by atoms with E-state index >= 15 is 0 Å². The summed E-state index contributed by atoms with van der Waals surface area (Å²) in [6.45, 7) is 6.13. The normalized spacial score (nSPS) is 19.5. The molecule has 1 aromatic carbocycles. The molecular weight excluding hydrogens is 455 g/mol. The molecule has 2 N–H and O–H groups in total. The van der Waals surface area contributed by atoms with Gasteiger partial charge in [-0.15, -0.1) is 0 Å². The lowest BCUT2D eigenvalue weighted by atomic mass is 9.92. The van der Waals surface area contributed by atoms with Gasteiger partial charge in [0.2, 0.25) is 5.95 Å². The van der Waals surface area contributed by atoms with Gasteiger partial charge in [0.05, 0.1) is 11.1 Å². The maximum atomic E-state index is 14.9. The van der Waals surface area contributed by atoms with Crippen molar-refractivity contribution in [2.24, 2.45) is 0 Å². The zero-order valence-corrected chi connectivity index (χ0v) is 21.0. The first-order chi connectivity index (χ1) is 17.4. The molecular formula is C28H31FN6O. The molecule has 0 amide bonds. The van der Waals surface area contributed by atoms with Crippen molar-refractivity contribution in [3.05, 3.63) is 70.4 Å². The second-order valence-corrected chi connectivity index (χ2v) is 10.1. The van der Waals surface area contributed by atoms with Crippen LogP contribution in [0.15, 0.2) is 36.7 Å². The molecule has 6 rings (SSSR count). The monoisotopic (exact) mass is 486 g/mol. The third kappa shape index (κ3) is 3.76. The number of halogens is 1. The van der Waals surface area contributed by atoms with Crippen LogP contribution in [0.2, 0.25) is 0 Å². The average molecular weight is 487 g/mol. The zero-order valence-electron chi connectivity index (χ0n) is 21.0. The van der Waals surface area contributed by atoms with Gasteiger partial charge < -0.3 is 15.3 Å². The van der Waals surface area contributed by atoms with Gasteiger partial charge in [-0.05, 0) is 79.6 Å². The number of aliphatic hydroxyl groups is 1. The number of benzene rings is 1. The van der Waals surface area contributed by atoms with E-state index in [-0.39, 0.29) is 0 Å². The molecule has 0 spiro atoms. The van der Waals surface area contributed by atoms with Crippen LogP contribution in [0.1, 0.15) is 54.6 Å². The molecule has 3 aromatic heterocycles. The minimum Gasteiger partial charge on any atom is -0.384 e. The Bertz CT molecular complexity index is 1480. The molecule has 0 saturated heterocycles. The Morgan fingerprint density at radius 3 is 2.81 bits per heavy atom. The van der Waals surface area contributed by atoms with Crippen LogP contribution in [0.3, 0.4) is 0 Å². The molecule has 4 aromatic rings. The first kappa shape index (κ1) is 23.1. The van der Waals surface area contributed by atoms with E-state index in [1.807, 2.05) is 19.1 Å². The fourth-order valence-corrected chi connectivity index (χ4v) is 5.67. The molecule has 2 aliphatic rings. The van der Waals surface area contributed by atoms with Crippen LogP contribution in [-0.4, -0.2) is 43.1 Å². The molecule has 0 radical (unpaired) electrons. The van der Waals surface area contributed by atoms with E-state index < -0.39 is 11.4 Å². The first-order valence-electron chi connectivity index (χ1n) is 12.8. The number of fused-ring (bicyclic) bond motifs is 3. The summed E-state index contributed by atoms with van der Waals surface area (Å²) in [7, 11) is 2.14. The predicted octanol–water partition coefficient (Wildman–Crippen LogP) is 4.79. The van der Waals surface area contributed by atoms with Crippen molar-refractivity contribution >= 4 is 22.7 Å². The van der Waals surface area contributed by atoms with Crippen molar-refractivity contribution in [2.75, 3.05) is 18.9 Å². The number of anilines is 2. The summed E-state index contributed by atoms with van der Waals surface area (Å²) in [5, 5.41) is 14.7. The highest BCUT2D eigenvalue weighted by Gasteiger charge is 2.37. The Morgan fingerprint density at radius 1 is 1.14 bits per heavy atom. The van der Waals surface area contributed by atoms with Gasteiger partial charge in [0.1, 0.15) is 11.4 Å². The third-order valence-corrected chi connectivity index (χ3v) is 7.80. The lowest BCUT2D eigenvalue weighted by molar-refractivity contribution is 0.0306. The molecule has 0 fully saturated rings. The van der Waals surface area contributed by atoms with E-state index in [2.05, 4.69) is 46.3 Å². The first-order valence-corrected chi connectivity index (χ1v) is 12.8. The summed E-state index contributed by atoms with van der Waals surface area (Å²) < 4.78 is 16.5. The molecule has 36 heavy (non-hydrogen) atoms. The van der Waals surface area contributed by atoms with Gasteiger partial charge in [0, 0.05) is 31.2 Å². The number of likely N-dealkylation sites (N-methyl/N-ethyl adjacent to an activating group) is 1. The summed E-state index contributed by atoms with van der Waals surface area (Å²) in [6.07, 6.45) is 6.96. The van der Waals surface area contributed by atoms with Gasteiger partial charge in [-0.1, -0.05) is 19.9 Å². The minimum atomic E-state index is -0.938. The molecule has 1 aliphatic heterocycles. The Labute approximate surface area is 210 Å². The number of hydrogen-bond donors (Lipinski definition) is 2. The molecule has 7 nitrogen and oxygen atoms in total. The average Bonchev–Trinajstić information content (AvgIpc) is 3.40. The van der Waals surface area contributed by atoms with Crippen molar-refractivity contribution in [1.29, 1.82) is 0 Å². The van der Waals surface area contributed by atoms with Gasteiger partial charge in [0.25, 0.3) is 0 Å². The number of nitrogens with zero attached hydrogens (tertiary/aromatic N) is 5. The van der Waals surface area contributed by atoms with Crippen LogP contribution in [0, 0.1) is 5.82 Å². The lowest BCUT2D eigenvalue weighted by Crippen LogP contribution is -2.27. The van der Waals surface area contributed by atoms with Crippen molar-refractivity contribution in [2.45, 2.75) is 58.1 Å². The number of aryl methyl sites for hydroxylation is 2. The number of nitrogens with one attached hydrogen (secondary N) is 1. The highest BCUT2D eigenvalue weighted by molar-refractivity contribution is 5.79. The zero-order chi connectivity index (χ0) is 25.0. The summed E-state index contributed by atoms with van der Waals surface area (Å²) in [5.74, 6) is 0.528. The van der Waals surface area contributed by atoms with Crippen LogP contribution in [0.4, 0.5) is 16.0 Å². The van der Waals surface area contributed by atoms with E-state index in [0.717, 1.165) is 43.6 Å². The van der Waals surface area contributed by atoms with Crippen LogP contribution in [0.25, 0.3) is 16.9 Å². The second kappa shape index (κ2) is 8.64. The molecule has 1 atom stereocenters. The maximum absolute atomic E-state index is 14.9. The SMILES string of the molecule is CCc1cc(Nc2ncc3c(F)cn(-c4ccc5c(n4)[C@@](O)(CC)CC5)c3n2)cc2c1CCN(C)C2. The maximum Gasteiger partial charge on any atom is 0.229 e. The molecule has 1 aliphatic carbocycles. The van der Waals surface area contributed by atoms with Gasteiger partial charge >= 0.3 is 0 Å². The lowest BCUT2D eigenvalue weighted by Gasteiger charge is -2.27. The standard InChI is InChI=1S/C28H31FN6O/c1-4-17-12-20(13-19-15-34(3)11-9-21(17)19)31-27-30-14-22-23(29)16-35(26(22)33-27)24-7-6-18-8-10-28(36,5-2)25(18)32-24/h6-7,12-14,16,36H,4-5,8-11,15H2,1-3H3,(H,30,31,33)/t28-/m1/s1. The Hall–Kier alpha value is -3.36. The smallest absolute Gasteiger partial charge is 0.229 e. The minimum absolute atomic E-state index is 0.329. The Kier molecular flexibility index (Phi) is 5.53. The summed E-state index contributed by atoms with van der Waals surface area (Å²) in [5.41, 5.74) is 6.27. The quantitative estimate of drug-likeness (QED) is 0.422. The fourth-order valence-electron chi connectivity index (χ4n) is 5.67. The van der Waals surface area contributed by atoms with E-state index in [4.69, 9.17) is 4.98 Å². The van der Waals surface area contributed by atoms with E-state index in [1.165, 1.54) is 29.1 Å². The van der Waals surface area contributed by atoms with Crippen molar-refractivity contribution in [3.8, 4) is 5.82 Å². The summed E-state index contributed by atoms with van der Waals surface area (Å²) in [6, 6.07) is 8.18. The number of rotatable bonds is 5. The van der Waals surface area contributed by atoms with Crippen LogP contribution in [-0.2, 0) is 31.4 Å². The van der Waals surface area contributed by atoms with Crippen LogP contribution in [0.5, 0.6) is 0 Å². The third-order valence-electron chi connectivity index (χ3n) is 7.80. The van der Waals surface area contributed by atoms with Crippen molar-refractivity contribution < 1.29 is 9.50 Å². The van der Waals surface area contributed by atoms with Crippen molar-refractivity contribution in [1.82, 2.24) is 24.4 Å². The predicted molar refractivity (Wildman–Crippen MR) is 138 cm³/mol. The van der Waals surface area contributed by atoms with Gasteiger partial charge in [-0.25, -0.2) is 14.4 Å². The highest BCUT2D eigenvalue weighted by atomic mass is 19.1. The second-order valence-electron chi connectivity index (χ2n) is 10.1. The van der Waals surface area contributed by atoms with E-state index in [0.29, 0.717) is 41.3 Å². The molecule has 0 saturated carbocycles. The molecule has 0 bridgehead atoms. The summed E-state index contributed by atoms with van der Waals surface area (Å²) in [4.78, 5) is 16.2. The van der Waals surface area contributed by atoms with E-state index in [9.17, 15) is 9.50 Å².